The number of benzene rings is 2. The van der Waals surface area contributed by atoms with Crippen LogP contribution in [-0.4, -0.2) is 40.3 Å². The monoisotopic (exact) mass is 553 g/mol. The molecule has 166 valence electrons. The van der Waals surface area contributed by atoms with Crippen LogP contribution < -0.4 is 15.4 Å². The molecule has 10 heteroatoms. The van der Waals surface area contributed by atoms with E-state index in [9.17, 15) is 17.2 Å². The fourth-order valence-corrected chi connectivity index (χ4v) is 3.48. The molecule has 0 spiro atoms. The van der Waals surface area contributed by atoms with E-state index in [1.54, 1.807) is 19.2 Å². The third-order valence-corrected chi connectivity index (χ3v) is 4.78. The van der Waals surface area contributed by atoms with Crippen LogP contribution in [-0.2, 0) is 22.1 Å². The van der Waals surface area contributed by atoms with Crippen molar-refractivity contribution in [2.45, 2.75) is 25.3 Å². The molecule has 0 radical (unpaired) electrons. The Hall–Kier alpha value is -1.95. The molecule has 1 unspecified atom stereocenters. The lowest BCUT2D eigenvalue weighted by Crippen LogP contribution is -2.41. The zero-order valence-electron chi connectivity index (χ0n) is 17.0. The van der Waals surface area contributed by atoms with Crippen molar-refractivity contribution < 1.29 is 21.9 Å². The van der Waals surface area contributed by atoms with Gasteiger partial charge in [-0.3, -0.25) is 4.99 Å². The van der Waals surface area contributed by atoms with Gasteiger partial charge in [-0.1, -0.05) is 12.1 Å². The van der Waals surface area contributed by atoms with Crippen LogP contribution in [0.4, 0.5) is 8.78 Å². The average Bonchev–Trinajstić information content (AvgIpc) is 2.63. The van der Waals surface area contributed by atoms with Gasteiger partial charge in [-0.15, -0.1) is 24.0 Å². The van der Waals surface area contributed by atoms with E-state index in [1.807, 2.05) is 6.92 Å². The number of rotatable bonds is 8. The van der Waals surface area contributed by atoms with Crippen molar-refractivity contribution >= 4 is 39.8 Å². The van der Waals surface area contributed by atoms with E-state index in [2.05, 4.69) is 15.6 Å². The number of sulfone groups is 1. The normalized spacial score (nSPS) is 12.6. The first-order chi connectivity index (χ1) is 13.7. The van der Waals surface area contributed by atoms with Crippen LogP contribution in [0.5, 0.6) is 5.75 Å². The summed E-state index contributed by atoms with van der Waals surface area (Å²) in [4.78, 5) is 4.09. The van der Waals surface area contributed by atoms with E-state index < -0.39 is 15.7 Å². The van der Waals surface area contributed by atoms with Crippen LogP contribution in [0.1, 0.15) is 18.1 Å². The minimum atomic E-state index is -3.25. The minimum absolute atomic E-state index is 0. The number of guanidine groups is 1. The van der Waals surface area contributed by atoms with Crippen LogP contribution in [0.2, 0.25) is 0 Å². The Labute approximate surface area is 193 Å². The van der Waals surface area contributed by atoms with Crippen molar-refractivity contribution in [1.82, 2.24) is 10.6 Å². The van der Waals surface area contributed by atoms with Crippen molar-refractivity contribution in [3.05, 3.63) is 65.2 Å². The summed E-state index contributed by atoms with van der Waals surface area (Å²) in [6.07, 6.45) is 0.860. The Morgan fingerprint density at radius 2 is 1.80 bits per heavy atom. The number of halogens is 3. The molecule has 6 nitrogen and oxygen atoms in total. The number of hydrogen-bond acceptors (Lipinski definition) is 4. The lowest BCUT2D eigenvalue weighted by Gasteiger charge is -2.18. The Morgan fingerprint density at radius 3 is 2.43 bits per heavy atom. The zero-order valence-corrected chi connectivity index (χ0v) is 20.1. The molecule has 2 aromatic rings. The second kappa shape index (κ2) is 12.0. The smallest absolute Gasteiger partial charge is 0.191 e. The molecule has 0 saturated carbocycles. The molecule has 0 bridgehead atoms. The number of hydrogen-bond donors (Lipinski definition) is 2. The van der Waals surface area contributed by atoms with Crippen molar-refractivity contribution in [3.8, 4) is 5.75 Å². The fourth-order valence-electron chi connectivity index (χ4n) is 2.64. The maximum absolute atomic E-state index is 13.6. The molecule has 0 amide bonds. The Balaban J connectivity index is 0.00000450. The van der Waals surface area contributed by atoms with Gasteiger partial charge in [-0.05, 0) is 42.3 Å². The van der Waals surface area contributed by atoms with Crippen LogP contribution in [0.25, 0.3) is 0 Å². The lowest BCUT2D eigenvalue weighted by atomic mass is 10.1. The van der Waals surface area contributed by atoms with Gasteiger partial charge in [0, 0.05) is 25.9 Å². The van der Waals surface area contributed by atoms with E-state index in [1.165, 1.54) is 30.3 Å². The van der Waals surface area contributed by atoms with Crippen LogP contribution >= 0.6 is 24.0 Å². The summed E-state index contributed by atoms with van der Waals surface area (Å²) in [5.74, 6) is -0.129. The maximum atomic E-state index is 13.6. The van der Waals surface area contributed by atoms with Gasteiger partial charge in [0.15, 0.2) is 15.8 Å². The predicted molar refractivity (Wildman–Crippen MR) is 125 cm³/mol. The molecule has 0 heterocycles. The number of ether oxygens (including phenoxy) is 1. The lowest BCUT2D eigenvalue weighted by molar-refractivity contribution is 0.223. The summed E-state index contributed by atoms with van der Waals surface area (Å²) in [5, 5.41) is 6.09. The maximum Gasteiger partial charge on any atom is 0.191 e. The summed E-state index contributed by atoms with van der Waals surface area (Å²) in [6, 6.07) is 9.89. The van der Waals surface area contributed by atoms with E-state index >= 15 is 0 Å². The summed E-state index contributed by atoms with van der Waals surface area (Å²) < 4.78 is 55.7. The Morgan fingerprint density at radius 1 is 1.10 bits per heavy atom. The number of nitrogens with zero attached hydrogens (tertiary/aromatic N) is 1. The van der Waals surface area contributed by atoms with Crippen LogP contribution in [0.3, 0.4) is 0 Å². The largest absolute Gasteiger partial charge is 0.489 e. The molecule has 2 N–H and O–H groups in total. The highest BCUT2D eigenvalue weighted by Gasteiger charge is 2.12. The molecule has 2 aromatic carbocycles. The molecule has 0 aromatic heterocycles. The zero-order chi connectivity index (χ0) is 21.4. The molecule has 2 rings (SSSR count). The molecule has 0 aliphatic rings. The molecule has 0 aliphatic heterocycles. The van der Waals surface area contributed by atoms with Gasteiger partial charge in [-0.2, -0.15) is 0 Å². The summed E-state index contributed by atoms with van der Waals surface area (Å²) >= 11 is 0. The van der Waals surface area contributed by atoms with Crippen molar-refractivity contribution in [2.24, 2.45) is 4.99 Å². The highest BCUT2D eigenvalue weighted by Crippen LogP contribution is 2.15. The Bertz CT molecular complexity index is 972. The highest BCUT2D eigenvalue weighted by molar-refractivity contribution is 14.0. The van der Waals surface area contributed by atoms with Gasteiger partial charge in [0.05, 0.1) is 12.3 Å². The van der Waals surface area contributed by atoms with Gasteiger partial charge in [0.2, 0.25) is 0 Å². The van der Waals surface area contributed by atoms with Gasteiger partial charge < -0.3 is 15.4 Å². The molecule has 1 atom stereocenters. The second-order valence-electron chi connectivity index (χ2n) is 6.68. The summed E-state index contributed by atoms with van der Waals surface area (Å²) in [6.45, 7) is 2.40. The van der Waals surface area contributed by atoms with E-state index in [0.717, 1.165) is 6.26 Å². The quantitative estimate of drug-likeness (QED) is 0.298. The molecule has 0 fully saturated rings. The minimum Gasteiger partial charge on any atom is -0.489 e. The van der Waals surface area contributed by atoms with Gasteiger partial charge in [0.1, 0.15) is 23.5 Å². The first-order valence-corrected chi connectivity index (χ1v) is 11.0. The second-order valence-corrected chi connectivity index (χ2v) is 8.82. The molecular weight excluding hydrogens is 527 g/mol. The van der Waals surface area contributed by atoms with Crippen molar-refractivity contribution in [2.75, 3.05) is 19.8 Å². The van der Waals surface area contributed by atoms with Crippen molar-refractivity contribution in [3.63, 3.8) is 0 Å². The average molecular weight is 553 g/mol. The fraction of sp³-hybridized carbons (Fsp3) is 0.350. The third kappa shape index (κ3) is 9.24. The summed E-state index contributed by atoms with van der Waals surface area (Å²) in [5.41, 5.74) is 1.06. The van der Waals surface area contributed by atoms with Gasteiger partial charge in [-0.25, -0.2) is 17.2 Å². The van der Waals surface area contributed by atoms with Gasteiger partial charge >= 0.3 is 0 Å². The van der Waals surface area contributed by atoms with Crippen LogP contribution in [0, 0.1) is 11.6 Å². The van der Waals surface area contributed by atoms with Gasteiger partial charge in [0.25, 0.3) is 0 Å². The SMILES string of the molecule is CN=C(NCc1cc(F)ccc1CS(C)(=O)=O)NCC(C)Oc1cccc(F)c1.I. The Kier molecular flexibility index (Phi) is 10.5. The first kappa shape index (κ1) is 26.1. The van der Waals surface area contributed by atoms with E-state index in [-0.39, 0.29) is 48.2 Å². The highest BCUT2D eigenvalue weighted by atomic mass is 127. The number of nitrogens with one attached hydrogen (secondary N) is 2. The number of aliphatic imine (C=N–C) groups is 1. The standard InChI is InChI=1S/C20H25F2N3O3S.HI/c1-14(28-19-6-4-5-17(21)10-19)11-24-20(23-2)25-12-16-9-18(22)8-7-15(16)13-29(3,26)27;/h4-10,14H,11-13H2,1-3H3,(H2,23,24,25);1H. The predicted octanol–water partition coefficient (Wildman–Crippen LogP) is 3.26. The topological polar surface area (TPSA) is 79.8 Å². The molecule has 30 heavy (non-hydrogen) atoms. The molecular formula is C20H26F2IN3O3S. The first-order valence-electron chi connectivity index (χ1n) is 8.98. The molecule has 0 saturated heterocycles. The third-order valence-electron chi connectivity index (χ3n) is 3.95. The molecule has 0 aliphatic carbocycles. The van der Waals surface area contributed by atoms with Crippen LogP contribution in [0.15, 0.2) is 47.5 Å². The van der Waals surface area contributed by atoms with Crippen molar-refractivity contribution in [1.29, 1.82) is 0 Å². The van der Waals surface area contributed by atoms with E-state index in [4.69, 9.17) is 4.74 Å². The van der Waals surface area contributed by atoms with E-state index in [0.29, 0.717) is 29.4 Å². The summed E-state index contributed by atoms with van der Waals surface area (Å²) in [7, 11) is -1.67.